The highest BCUT2D eigenvalue weighted by Gasteiger charge is 2.35. The first-order valence-corrected chi connectivity index (χ1v) is 9.07. The van der Waals surface area contributed by atoms with Crippen LogP contribution in [0.4, 0.5) is 13.2 Å². The van der Waals surface area contributed by atoms with E-state index in [1.54, 1.807) is 30.3 Å². The van der Waals surface area contributed by atoms with Crippen molar-refractivity contribution in [3.63, 3.8) is 0 Å². The number of benzene rings is 2. The summed E-state index contributed by atoms with van der Waals surface area (Å²) in [5, 5.41) is 2.80. The van der Waals surface area contributed by atoms with Crippen LogP contribution in [0.25, 0.3) is 11.1 Å². The van der Waals surface area contributed by atoms with Crippen LogP contribution in [0.2, 0.25) is 0 Å². The maximum Gasteiger partial charge on any atom is 0.417 e. The van der Waals surface area contributed by atoms with Crippen molar-refractivity contribution in [1.82, 2.24) is 10.3 Å². The van der Waals surface area contributed by atoms with E-state index in [-0.39, 0.29) is 24.1 Å². The largest absolute Gasteiger partial charge is 0.487 e. The van der Waals surface area contributed by atoms with E-state index in [4.69, 9.17) is 4.74 Å². The molecule has 1 aliphatic rings. The Morgan fingerprint density at radius 2 is 1.76 bits per heavy atom. The van der Waals surface area contributed by atoms with E-state index in [9.17, 15) is 18.0 Å². The summed E-state index contributed by atoms with van der Waals surface area (Å²) >= 11 is 0. The van der Waals surface area contributed by atoms with Crippen LogP contribution >= 0.6 is 0 Å². The minimum Gasteiger partial charge on any atom is -0.487 e. The van der Waals surface area contributed by atoms with Crippen LogP contribution in [-0.2, 0) is 12.6 Å². The number of hydrogen-bond acceptors (Lipinski definition) is 3. The number of amides is 1. The number of aromatic nitrogens is 1. The molecule has 1 atom stereocenters. The number of rotatable bonds is 4. The quantitative estimate of drug-likeness (QED) is 0.704. The number of nitrogens with one attached hydrogen (secondary N) is 1. The van der Waals surface area contributed by atoms with Gasteiger partial charge in [0, 0.05) is 29.9 Å². The smallest absolute Gasteiger partial charge is 0.417 e. The second kappa shape index (κ2) is 7.58. The number of fused-ring (bicyclic) bond motifs is 1. The molecule has 3 aromatic rings. The van der Waals surface area contributed by atoms with E-state index in [0.717, 1.165) is 11.6 Å². The molecule has 0 spiro atoms. The summed E-state index contributed by atoms with van der Waals surface area (Å²) in [6.07, 6.45) is -1.25. The standard InChI is InChI=1S/C22H17F3N2O2/c23-22(24,25)19-7-2-1-5-17(19)18-6-3-4-15-12-16(29-20(15)18)13-27-21(28)14-8-10-26-11-9-14/h1-11,16H,12-13H2,(H,27,28). The highest BCUT2D eigenvalue weighted by Crippen LogP contribution is 2.43. The number of ether oxygens (including phenoxy) is 1. The first kappa shape index (κ1) is 19.0. The Labute approximate surface area is 165 Å². The lowest BCUT2D eigenvalue weighted by Crippen LogP contribution is -2.34. The molecule has 1 aliphatic heterocycles. The van der Waals surface area contributed by atoms with E-state index < -0.39 is 11.7 Å². The molecule has 7 heteroatoms. The number of alkyl halides is 3. The minimum absolute atomic E-state index is 0.0818. The van der Waals surface area contributed by atoms with Crippen LogP contribution < -0.4 is 10.1 Å². The molecule has 0 aliphatic carbocycles. The van der Waals surface area contributed by atoms with Crippen LogP contribution in [-0.4, -0.2) is 23.5 Å². The van der Waals surface area contributed by atoms with Crippen molar-refractivity contribution in [1.29, 1.82) is 0 Å². The molecule has 148 valence electrons. The molecular formula is C22H17F3N2O2. The first-order valence-electron chi connectivity index (χ1n) is 9.07. The molecule has 2 heterocycles. The number of para-hydroxylation sites is 1. The Hall–Kier alpha value is -3.35. The van der Waals surface area contributed by atoms with E-state index in [1.165, 1.54) is 24.5 Å². The summed E-state index contributed by atoms with van der Waals surface area (Å²) in [6, 6.07) is 13.8. The number of carbonyl (C=O) groups is 1. The topological polar surface area (TPSA) is 51.2 Å². The average molecular weight is 398 g/mol. The predicted octanol–water partition coefficient (Wildman–Crippen LogP) is 4.50. The summed E-state index contributed by atoms with van der Waals surface area (Å²) in [7, 11) is 0. The van der Waals surface area contributed by atoms with Gasteiger partial charge in [0.1, 0.15) is 11.9 Å². The summed E-state index contributed by atoms with van der Waals surface area (Å²) in [5.74, 6) is 0.182. The second-order valence-corrected chi connectivity index (χ2v) is 6.73. The molecule has 0 radical (unpaired) electrons. The molecule has 2 aromatic carbocycles. The molecule has 1 N–H and O–H groups in total. The first-order chi connectivity index (χ1) is 13.9. The van der Waals surface area contributed by atoms with Crippen LogP contribution in [0.3, 0.4) is 0 Å². The third-order valence-electron chi connectivity index (χ3n) is 4.78. The molecule has 29 heavy (non-hydrogen) atoms. The molecule has 1 unspecified atom stereocenters. The zero-order valence-electron chi connectivity index (χ0n) is 15.2. The molecule has 1 aromatic heterocycles. The molecule has 0 saturated carbocycles. The van der Waals surface area contributed by atoms with Crippen molar-refractivity contribution in [3.05, 3.63) is 83.7 Å². The monoisotopic (exact) mass is 398 g/mol. The lowest BCUT2D eigenvalue weighted by atomic mass is 9.96. The third kappa shape index (κ3) is 3.94. The fraction of sp³-hybridized carbons (Fsp3) is 0.182. The molecule has 0 saturated heterocycles. The van der Waals surface area contributed by atoms with Gasteiger partial charge < -0.3 is 10.1 Å². The van der Waals surface area contributed by atoms with E-state index in [2.05, 4.69) is 10.3 Å². The van der Waals surface area contributed by atoms with Gasteiger partial charge in [-0.25, -0.2) is 0 Å². The highest BCUT2D eigenvalue weighted by molar-refractivity contribution is 5.94. The zero-order valence-corrected chi connectivity index (χ0v) is 15.2. The molecular weight excluding hydrogens is 381 g/mol. The fourth-order valence-electron chi connectivity index (χ4n) is 3.44. The van der Waals surface area contributed by atoms with Gasteiger partial charge in [-0.05, 0) is 29.3 Å². The van der Waals surface area contributed by atoms with Gasteiger partial charge in [0.05, 0.1) is 12.1 Å². The molecule has 1 amide bonds. The van der Waals surface area contributed by atoms with Crippen LogP contribution in [0.5, 0.6) is 5.75 Å². The Bertz CT molecular complexity index is 1040. The normalized spacial score (nSPS) is 15.5. The molecule has 0 fully saturated rings. The number of halogens is 3. The van der Waals surface area contributed by atoms with Crippen LogP contribution in [0, 0.1) is 0 Å². The van der Waals surface area contributed by atoms with Gasteiger partial charge in [0.15, 0.2) is 0 Å². The molecule has 4 rings (SSSR count). The van der Waals surface area contributed by atoms with Crippen LogP contribution in [0.1, 0.15) is 21.5 Å². The van der Waals surface area contributed by atoms with E-state index in [0.29, 0.717) is 23.3 Å². The lowest BCUT2D eigenvalue weighted by molar-refractivity contribution is -0.137. The second-order valence-electron chi connectivity index (χ2n) is 6.73. The van der Waals surface area contributed by atoms with Gasteiger partial charge in [0.2, 0.25) is 0 Å². The van der Waals surface area contributed by atoms with Crippen molar-refractivity contribution >= 4 is 5.91 Å². The minimum atomic E-state index is -4.46. The summed E-state index contributed by atoms with van der Waals surface area (Å²) in [4.78, 5) is 16.1. The number of nitrogens with zero attached hydrogens (tertiary/aromatic N) is 1. The molecule has 0 bridgehead atoms. The van der Waals surface area contributed by atoms with Gasteiger partial charge in [-0.2, -0.15) is 13.2 Å². The summed E-state index contributed by atoms with van der Waals surface area (Å²) < 4.78 is 46.3. The van der Waals surface area contributed by atoms with Crippen molar-refractivity contribution in [2.75, 3.05) is 6.54 Å². The fourth-order valence-corrected chi connectivity index (χ4v) is 3.44. The van der Waals surface area contributed by atoms with Crippen molar-refractivity contribution in [2.45, 2.75) is 18.7 Å². The van der Waals surface area contributed by atoms with Crippen molar-refractivity contribution in [2.24, 2.45) is 0 Å². The summed E-state index contributed by atoms with van der Waals surface area (Å²) in [5.41, 5.74) is 1.08. The number of pyridine rings is 1. The van der Waals surface area contributed by atoms with E-state index in [1.807, 2.05) is 6.07 Å². The van der Waals surface area contributed by atoms with Gasteiger partial charge in [-0.15, -0.1) is 0 Å². The average Bonchev–Trinajstić information content (AvgIpc) is 3.15. The van der Waals surface area contributed by atoms with E-state index >= 15 is 0 Å². The Morgan fingerprint density at radius 3 is 2.52 bits per heavy atom. The van der Waals surface area contributed by atoms with Crippen LogP contribution in [0.15, 0.2) is 67.0 Å². The highest BCUT2D eigenvalue weighted by atomic mass is 19.4. The van der Waals surface area contributed by atoms with Gasteiger partial charge in [-0.1, -0.05) is 36.4 Å². The van der Waals surface area contributed by atoms with Crippen molar-refractivity contribution < 1.29 is 22.7 Å². The third-order valence-corrected chi connectivity index (χ3v) is 4.78. The van der Waals surface area contributed by atoms with Gasteiger partial charge in [-0.3, -0.25) is 9.78 Å². The maximum atomic E-state index is 13.4. The number of carbonyl (C=O) groups excluding carboxylic acids is 1. The number of hydrogen-bond donors (Lipinski definition) is 1. The lowest BCUT2D eigenvalue weighted by Gasteiger charge is -2.16. The Kier molecular flexibility index (Phi) is 4.96. The maximum absolute atomic E-state index is 13.4. The van der Waals surface area contributed by atoms with Gasteiger partial charge >= 0.3 is 6.18 Å². The zero-order chi connectivity index (χ0) is 20.4. The SMILES string of the molecule is O=C(NCC1Cc2cccc(-c3ccccc3C(F)(F)F)c2O1)c1ccncc1. The Morgan fingerprint density at radius 1 is 1.03 bits per heavy atom. The molecule has 4 nitrogen and oxygen atoms in total. The van der Waals surface area contributed by atoms with Crippen molar-refractivity contribution in [3.8, 4) is 16.9 Å². The Balaban J connectivity index is 1.54. The summed E-state index contributed by atoms with van der Waals surface area (Å²) in [6.45, 7) is 0.246. The predicted molar refractivity (Wildman–Crippen MR) is 102 cm³/mol. The van der Waals surface area contributed by atoms with Gasteiger partial charge in [0.25, 0.3) is 5.91 Å².